The van der Waals surface area contributed by atoms with Crippen LogP contribution in [0.25, 0.3) is 0 Å². The number of hydrogen-bond donors (Lipinski definition) is 2. The van der Waals surface area contributed by atoms with Gasteiger partial charge in [0.15, 0.2) is 0 Å². The zero-order chi connectivity index (χ0) is 16.9. The molecule has 24 heavy (non-hydrogen) atoms. The molecule has 0 spiro atoms. The summed E-state index contributed by atoms with van der Waals surface area (Å²) in [7, 11) is -0.525. The Kier molecular flexibility index (Phi) is 5.72. The molecule has 0 aliphatic carbocycles. The van der Waals surface area contributed by atoms with Crippen LogP contribution in [0.4, 0.5) is 0 Å². The van der Waals surface area contributed by atoms with E-state index >= 15 is 0 Å². The average molecular weight is 323 g/mol. The van der Waals surface area contributed by atoms with E-state index in [2.05, 4.69) is 53.3 Å². The Morgan fingerprint density at radius 1 is 0.958 bits per heavy atom. The lowest BCUT2D eigenvalue weighted by atomic mass is 9.70. The highest BCUT2D eigenvalue weighted by molar-refractivity contribution is 6.45. The van der Waals surface area contributed by atoms with Gasteiger partial charge in [-0.15, -0.1) is 0 Å². The number of aliphatic hydroxyl groups excluding tert-OH is 1. The minimum absolute atomic E-state index is 0.150. The molecule has 0 aromatic heterocycles. The second-order valence-electron chi connectivity index (χ2n) is 6.75. The van der Waals surface area contributed by atoms with E-state index in [9.17, 15) is 10.1 Å². The second kappa shape index (κ2) is 7.97. The maximum atomic E-state index is 10.4. The Labute approximate surface area is 145 Å². The van der Waals surface area contributed by atoms with Gasteiger partial charge in [0.05, 0.1) is 0 Å². The molecule has 1 aliphatic heterocycles. The van der Waals surface area contributed by atoms with Crippen molar-refractivity contribution in [2.75, 3.05) is 6.61 Å². The van der Waals surface area contributed by atoms with Crippen LogP contribution in [0, 0.1) is 0 Å². The Bertz CT molecular complexity index is 620. The molecule has 0 radical (unpaired) electrons. The van der Waals surface area contributed by atoms with Gasteiger partial charge in [0.2, 0.25) is 0 Å². The lowest BCUT2D eigenvalue weighted by Crippen LogP contribution is -2.51. The van der Waals surface area contributed by atoms with Gasteiger partial charge < -0.3 is 14.9 Å². The summed E-state index contributed by atoms with van der Waals surface area (Å²) < 4.78 is 0. The first-order valence-corrected chi connectivity index (χ1v) is 8.87. The Morgan fingerprint density at radius 3 is 2.08 bits per heavy atom. The molecule has 3 rings (SSSR count). The van der Waals surface area contributed by atoms with Crippen molar-refractivity contribution in [3.63, 3.8) is 0 Å². The highest BCUT2D eigenvalue weighted by atomic mass is 16.3. The Morgan fingerprint density at radius 2 is 1.54 bits per heavy atom. The molecule has 4 heteroatoms. The van der Waals surface area contributed by atoms with Gasteiger partial charge in [-0.2, -0.15) is 0 Å². The molecule has 0 bridgehead atoms. The van der Waals surface area contributed by atoms with Gasteiger partial charge in [-0.3, -0.25) is 0 Å². The van der Waals surface area contributed by atoms with Crippen LogP contribution in [0.15, 0.2) is 60.7 Å². The van der Waals surface area contributed by atoms with E-state index in [0.29, 0.717) is 12.3 Å². The second-order valence-corrected chi connectivity index (χ2v) is 6.75. The number of piperidine rings is 1. The third-order valence-electron chi connectivity index (χ3n) is 5.20. The monoisotopic (exact) mass is 323 g/mol. The fraction of sp³-hybridized carbons (Fsp3) is 0.400. The van der Waals surface area contributed by atoms with Crippen molar-refractivity contribution in [2.45, 2.75) is 44.1 Å². The summed E-state index contributed by atoms with van der Waals surface area (Å²) in [6.45, 7) is 1.99. The van der Waals surface area contributed by atoms with Crippen LogP contribution in [0.1, 0.15) is 42.3 Å². The van der Waals surface area contributed by atoms with Crippen LogP contribution < -0.4 is 0 Å². The zero-order valence-electron chi connectivity index (χ0n) is 14.3. The van der Waals surface area contributed by atoms with Crippen molar-refractivity contribution in [1.29, 1.82) is 0 Å². The largest absolute Gasteiger partial charge is 0.437 e. The molecular formula is C20H26BNO2. The first kappa shape index (κ1) is 17.2. The number of rotatable bonds is 5. The van der Waals surface area contributed by atoms with E-state index in [0.717, 1.165) is 12.8 Å². The van der Waals surface area contributed by atoms with Gasteiger partial charge in [-0.05, 0) is 43.1 Å². The highest BCUT2D eigenvalue weighted by Crippen LogP contribution is 2.43. The Hall–Kier alpha value is -1.62. The molecule has 0 saturated carbocycles. The van der Waals surface area contributed by atoms with Crippen molar-refractivity contribution in [2.24, 2.45) is 0 Å². The average Bonchev–Trinajstić information content (AvgIpc) is 2.62. The third-order valence-corrected chi connectivity index (χ3v) is 5.20. The number of nitrogens with zero attached hydrogens (tertiary/aromatic N) is 1. The minimum atomic E-state index is -0.525. The molecule has 1 saturated heterocycles. The van der Waals surface area contributed by atoms with Crippen LogP contribution >= 0.6 is 0 Å². The van der Waals surface area contributed by atoms with E-state index in [1.807, 2.05) is 19.0 Å². The molecule has 1 aliphatic rings. The van der Waals surface area contributed by atoms with Gasteiger partial charge >= 0.3 is 7.05 Å². The summed E-state index contributed by atoms with van der Waals surface area (Å²) in [5, 5.41) is 19.9. The van der Waals surface area contributed by atoms with Gasteiger partial charge in [0.1, 0.15) is 0 Å². The van der Waals surface area contributed by atoms with Gasteiger partial charge in [0.25, 0.3) is 0 Å². The van der Waals surface area contributed by atoms with Crippen LogP contribution in [0.2, 0.25) is 6.82 Å². The van der Waals surface area contributed by atoms with E-state index in [4.69, 9.17) is 0 Å². The van der Waals surface area contributed by atoms with Crippen molar-refractivity contribution < 1.29 is 10.1 Å². The molecule has 3 atom stereocenters. The molecule has 3 unspecified atom stereocenters. The summed E-state index contributed by atoms with van der Waals surface area (Å²) >= 11 is 0. The Balaban J connectivity index is 1.95. The first-order chi connectivity index (χ1) is 11.7. The standard InChI is InChI=1S/C20H26BNO2/c1-21(24)22-19(12-13-23)14-18(16-8-4-2-5-9-16)15-20(22)17-10-6-3-7-11-17/h2-11,18-20,23-24H,12-15H2,1H3. The number of benzene rings is 2. The summed E-state index contributed by atoms with van der Waals surface area (Å²) in [5.74, 6) is 0.447. The quantitative estimate of drug-likeness (QED) is 0.828. The van der Waals surface area contributed by atoms with Crippen molar-refractivity contribution in [1.82, 2.24) is 4.81 Å². The number of hydrogen-bond acceptors (Lipinski definition) is 3. The normalized spacial score (nSPS) is 24.7. The summed E-state index contributed by atoms with van der Waals surface area (Å²) in [6, 6.07) is 21.4. The third kappa shape index (κ3) is 3.72. The smallest absolute Gasteiger partial charge is 0.377 e. The molecule has 1 fully saturated rings. The molecule has 2 aromatic rings. The molecule has 126 valence electrons. The summed E-state index contributed by atoms with van der Waals surface area (Å²) in [5.41, 5.74) is 2.59. The lowest BCUT2D eigenvalue weighted by Gasteiger charge is -2.46. The van der Waals surface area contributed by atoms with Crippen molar-refractivity contribution >= 4 is 7.05 Å². The van der Waals surface area contributed by atoms with Gasteiger partial charge in [0, 0.05) is 18.7 Å². The first-order valence-electron chi connectivity index (χ1n) is 8.87. The predicted octanol–water partition coefficient (Wildman–Crippen LogP) is 3.47. The predicted molar refractivity (Wildman–Crippen MR) is 98.8 cm³/mol. The maximum Gasteiger partial charge on any atom is 0.377 e. The summed E-state index contributed by atoms with van der Waals surface area (Å²) in [4.78, 5) is 2.19. The highest BCUT2D eigenvalue weighted by Gasteiger charge is 2.39. The van der Waals surface area contributed by atoms with Crippen LogP contribution in [-0.4, -0.2) is 34.6 Å². The van der Waals surface area contributed by atoms with Crippen LogP contribution in [0.5, 0.6) is 0 Å². The zero-order valence-corrected chi connectivity index (χ0v) is 14.3. The molecule has 1 heterocycles. The SMILES string of the molecule is CB(O)N1C(CCO)CC(c2ccccc2)CC1c1ccccc1. The van der Waals surface area contributed by atoms with E-state index in [1.165, 1.54) is 11.1 Å². The van der Waals surface area contributed by atoms with Crippen molar-refractivity contribution in [3.8, 4) is 0 Å². The van der Waals surface area contributed by atoms with Gasteiger partial charge in [-0.25, -0.2) is 0 Å². The van der Waals surface area contributed by atoms with Crippen molar-refractivity contribution in [3.05, 3.63) is 71.8 Å². The van der Waals surface area contributed by atoms with Crippen LogP contribution in [0.3, 0.4) is 0 Å². The van der Waals surface area contributed by atoms with Crippen LogP contribution in [-0.2, 0) is 0 Å². The van der Waals surface area contributed by atoms with E-state index in [-0.39, 0.29) is 18.7 Å². The molecule has 2 aromatic carbocycles. The van der Waals surface area contributed by atoms with E-state index < -0.39 is 7.05 Å². The topological polar surface area (TPSA) is 43.7 Å². The van der Waals surface area contributed by atoms with E-state index in [1.54, 1.807) is 0 Å². The van der Waals surface area contributed by atoms with Gasteiger partial charge in [-0.1, -0.05) is 60.7 Å². The molecule has 0 amide bonds. The fourth-order valence-electron chi connectivity index (χ4n) is 4.15. The lowest BCUT2D eigenvalue weighted by molar-refractivity contribution is 0.115. The summed E-state index contributed by atoms with van der Waals surface area (Å²) in [6.07, 6.45) is 2.65. The fourth-order valence-corrected chi connectivity index (χ4v) is 4.15. The molecular weight excluding hydrogens is 297 g/mol. The number of aliphatic hydroxyl groups is 1. The minimum Gasteiger partial charge on any atom is -0.437 e. The maximum absolute atomic E-state index is 10.4. The molecule has 3 nitrogen and oxygen atoms in total. The molecule has 2 N–H and O–H groups in total.